The Morgan fingerprint density at radius 2 is 1.46 bits per heavy atom. The van der Waals surface area contributed by atoms with Crippen molar-refractivity contribution in [3.63, 3.8) is 0 Å². The van der Waals surface area contributed by atoms with Crippen molar-refractivity contribution >= 4 is 60.3 Å². The number of sulfone groups is 1. The molecule has 0 unspecified atom stereocenters. The fourth-order valence-corrected chi connectivity index (χ4v) is 9.61. The molecule has 17 heteroatoms. The number of carbonyl (C=O) groups excluding carboxylic acids is 2. The summed E-state index contributed by atoms with van der Waals surface area (Å²) in [6.07, 6.45) is -0.330. The van der Waals surface area contributed by atoms with Crippen molar-refractivity contribution in [1.82, 2.24) is 14.5 Å². The number of halogens is 1. The van der Waals surface area contributed by atoms with Gasteiger partial charge in [-0.2, -0.15) is 0 Å². The Morgan fingerprint density at radius 1 is 0.820 bits per heavy atom. The summed E-state index contributed by atoms with van der Waals surface area (Å²) < 4.78 is 55.5. The number of benzene rings is 5. The van der Waals surface area contributed by atoms with E-state index in [1.807, 2.05) is 41.1 Å². The Bertz CT molecular complexity index is 2590. The molecule has 1 atom stereocenters. The van der Waals surface area contributed by atoms with Crippen LogP contribution in [0.1, 0.15) is 36.2 Å². The molecule has 1 aliphatic rings. The summed E-state index contributed by atoms with van der Waals surface area (Å²) in [5.41, 5.74) is 3.50. The molecule has 0 aliphatic carbocycles. The quantitative estimate of drug-likeness (QED) is 0.0781. The van der Waals surface area contributed by atoms with Gasteiger partial charge in [-0.3, -0.25) is 24.6 Å². The van der Waals surface area contributed by atoms with E-state index in [9.17, 15) is 36.5 Å². The average molecular weight is 887 g/mol. The minimum absolute atomic E-state index is 0.00949. The van der Waals surface area contributed by atoms with Crippen LogP contribution >= 0.6 is 11.6 Å². The molecule has 320 valence electrons. The van der Waals surface area contributed by atoms with Crippen molar-refractivity contribution in [3.05, 3.63) is 148 Å². The SMILES string of the molecule is CC(C)N(C)C(=O)C[C@H](CS(=O)(=O)c1ccccc1)Nc1ccc(S(=O)(=O)NC(=O)c2ccc(N3CCN(Cc4ccccc4-c4ccc(Cl)cc4)CC3)cc2)cc1[N+](=O)[O-]. The highest BCUT2D eigenvalue weighted by Gasteiger charge is 2.30. The molecule has 2 amide bonds. The van der Waals surface area contributed by atoms with Gasteiger partial charge in [0.1, 0.15) is 5.69 Å². The maximum Gasteiger partial charge on any atom is 0.293 e. The van der Waals surface area contributed by atoms with Crippen LogP contribution < -0.4 is 14.9 Å². The maximum absolute atomic E-state index is 13.4. The summed E-state index contributed by atoms with van der Waals surface area (Å²) in [6.45, 7) is 7.43. The van der Waals surface area contributed by atoms with E-state index < -0.39 is 59.0 Å². The molecule has 0 radical (unpaired) electrons. The van der Waals surface area contributed by atoms with E-state index in [0.29, 0.717) is 5.02 Å². The number of hydrogen-bond acceptors (Lipinski definition) is 11. The lowest BCUT2D eigenvalue weighted by molar-refractivity contribution is -0.384. The van der Waals surface area contributed by atoms with E-state index in [-0.39, 0.29) is 28.6 Å². The van der Waals surface area contributed by atoms with Gasteiger partial charge in [0.25, 0.3) is 21.6 Å². The molecule has 5 aromatic rings. The first-order chi connectivity index (χ1) is 29.0. The molecule has 0 bridgehead atoms. The average Bonchev–Trinajstić information content (AvgIpc) is 3.24. The molecule has 1 saturated heterocycles. The van der Waals surface area contributed by atoms with Crippen molar-refractivity contribution in [1.29, 1.82) is 0 Å². The monoisotopic (exact) mass is 886 g/mol. The van der Waals surface area contributed by atoms with E-state index in [1.54, 1.807) is 51.2 Å². The molecular weight excluding hydrogens is 840 g/mol. The number of nitro groups is 1. The summed E-state index contributed by atoms with van der Waals surface area (Å²) in [5.74, 6) is -1.92. The van der Waals surface area contributed by atoms with Crippen molar-refractivity contribution in [2.24, 2.45) is 0 Å². The van der Waals surface area contributed by atoms with Gasteiger partial charge in [0.2, 0.25) is 5.91 Å². The van der Waals surface area contributed by atoms with Crippen LogP contribution in [0.25, 0.3) is 11.1 Å². The van der Waals surface area contributed by atoms with E-state index in [2.05, 4.69) is 27.2 Å². The van der Waals surface area contributed by atoms with Gasteiger partial charge in [-0.25, -0.2) is 21.6 Å². The predicted octanol–water partition coefficient (Wildman–Crippen LogP) is 6.87. The zero-order valence-corrected chi connectivity index (χ0v) is 36.3. The minimum Gasteiger partial charge on any atom is -0.375 e. The van der Waals surface area contributed by atoms with Gasteiger partial charge in [-0.05, 0) is 91.2 Å². The van der Waals surface area contributed by atoms with Gasteiger partial charge >= 0.3 is 0 Å². The number of sulfonamides is 1. The molecule has 0 saturated carbocycles. The predicted molar refractivity (Wildman–Crippen MR) is 237 cm³/mol. The van der Waals surface area contributed by atoms with Crippen molar-refractivity contribution < 1.29 is 31.3 Å². The van der Waals surface area contributed by atoms with E-state index >= 15 is 0 Å². The third-order valence-electron chi connectivity index (χ3n) is 10.6. The molecule has 1 aliphatic heterocycles. The third kappa shape index (κ3) is 11.3. The second-order valence-electron chi connectivity index (χ2n) is 15.1. The van der Waals surface area contributed by atoms with Crippen LogP contribution in [-0.4, -0.2) is 94.4 Å². The topological polar surface area (TPSA) is 179 Å². The molecule has 0 aromatic heterocycles. The Morgan fingerprint density at radius 3 is 2.10 bits per heavy atom. The van der Waals surface area contributed by atoms with Gasteiger partial charge in [-0.1, -0.05) is 66.2 Å². The fourth-order valence-electron chi connectivity index (χ4n) is 6.99. The standard InChI is InChI=1S/C44H47ClN6O8S2/c1-31(2)48(3)43(52)27-36(30-60(56,57)38-10-5-4-6-11-38)46-41-22-21-39(28-42(41)51(54)55)61(58,59)47-44(53)33-15-19-37(20-16-33)50-25-23-49(24-26-50)29-34-9-7-8-12-40(34)32-13-17-35(45)18-14-32/h4-22,28,31,36,46H,23-27,29-30H2,1-3H3,(H,47,53)/t36-/m1/s1. The fraction of sp³-hybridized carbons (Fsp3) is 0.273. The van der Waals surface area contributed by atoms with Crippen LogP contribution in [-0.2, 0) is 31.2 Å². The van der Waals surface area contributed by atoms with Crippen LogP contribution in [0.4, 0.5) is 17.1 Å². The molecule has 1 heterocycles. The van der Waals surface area contributed by atoms with E-state index in [4.69, 9.17) is 11.6 Å². The molecule has 5 aromatic carbocycles. The first-order valence-electron chi connectivity index (χ1n) is 19.6. The normalized spacial score (nSPS) is 14.0. The Labute approximate surface area is 361 Å². The minimum atomic E-state index is -4.61. The number of nitro benzene ring substituents is 1. The largest absolute Gasteiger partial charge is 0.375 e. The van der Waals surface area contributed by atoms with Gasteiger partial charge in [0.15, 0.2) is 9.84 Å². The van der Waals surface area contributed by atoms with Crippen LogP contribution in [0.3, 0.4) is 0 Å². The zero-order chi connectivity index (χ0) is 43.9. The van der Waals surface area contributed by atoms with Crippen molar-refractivity contribution in [3.8, 4) is 11.1 Å². The number of piperazine rings is 1. The summed E-state index contributed by atoms with van der Waals surface area (Å²) in [6, 6.07) is 31.8. The number of anilines is 2. The first kappa shape index (κ1) is 44.7. The second kappa shape index (κ2) is 19.3. The molecule has 2 N–H and O–H groups in total. The Kier molecular flexibility index (Phi) is 14.1. The number of rotatable bonds is 16. The zero-order valence-electron chi connectivity index (χ0n) is 33.9. The first-order valence-corrected chi connectivity index (χ1v) is 23.1. The highest BCUT2D eigenvalue weighted by Crippen LogP contribution is 2.31. The third-order valence-corrected chi connectivity index (χ3v) is 14.0. The number of carbonyl (C=O) groups is 2. The Hall–Kier alpha value is -5.81. The van der Waals surface area contributed by atoms with Crippen LogP contribution in [0.5, 0.6) is 0 Å². The van der Waals surface area contributed by atoms with E-state index in [0.717, 1.165) is 67.7 Å². The highest BCUT2D eigenvalue weighted by atomic mass is 35.5. The lowest BCUT2D eigenvalue weighted by Crippen LogP contribution is -2.46. The highest BCUT2D eigenvalue weighted by molar-refractivity contribution is 7.91. The lowest BCUT2D eigenvalue weighted by Gasteiger charge is -2.36. The molecule has 0 spiro atoms. The number of hydrogen-bond donors (Lipinski definition) is 2. The molecule has 61 heavy (non-hydrogen) atoms. The van der Waals surface area contributed by atoms with Crippen molar-refractivity contribution in [2.45, 2.75) is 48.7 Å². The number of nitrogens with one attached hydrogen (secondary N) is 2. The lowest BCUT2D eigenvalue weighted by atomic mass is 9.99. The smallest absolute Gasteiger partial charge is 0.293 e. The molecular formula is C44H47ClN6O8S2. The van der Waals surface area contributed by atoms with Crippen LogP contribution in [0.15, 0.2) is 131 Å². The number of amides is 2. The summed E-state index contributed by atoms with van der Waals surface area (Å²) in [7, 11) is -7.01. The summed E-state index contributed by atoms with van der Waals surface area (Å²) in [5, 5.41) is 15.8. The van der Waals surface area contributed by atoms with Crippen molar-refractivity contribution in [2.75, 3.05) is 49.2 Å². The van der Waals surface area contributed by atoms with Gasteiger partial charge < -0.3 is 15.1 Å². The van der Waals surface area contributed by atoms with Gasteiger partial charge in [-0.15, -0.1) is 0 Å². The molecule has 14 nitrogen and oxygen atoms in total. The molecule has 1 fully saturated rings. The second-order valence-corrected chi connectivity index (χ2v) is 19.2. The van der Waals surface area contributed by atoms with Gasteiger partial charge in [0, 0.05) is 80.6 Å². The summed E-state index contributed by atoms with van der Waals surface area (Å²) in [4.78, 5) is 43.2. The van der Waals surface area contributed by atoms with Crippen LogP contribution in [0.2, 0.25) is 5.02 Å². The van der Waals surface area contributed by atoms with E-state index in [1.165, 1.54) is 34.7 Å². The number of nitrogens with zero attached hydrogens (tertiary/aromatic N) is 4. The van der Waals surface area contributed by atoms with Gasteiger partial charge in [0.05, 0.1) is 20.5 Å². The summed E-state index contributed by atoms with van der Waals surface area (Å²) >= 11 is 6.11. The maximum atomic E-state index is 13.4. The molecule has 6 rings (SSSR count). The van der Waals surface area contributed by atoms with Crippen LogP contribution in [0, 0.1) is 10.1 Å². The Balaban J connectivity index is 1.10.